The number of fused-ring (bicyclic) bond motifs is 1. The molecule has 4 unspecified atom stereocenters. The van der Waals surface area contributed by atoms with E-state index in [0.29, 0.717) is 23.7 Å². The normalized spacial score (nSPS) is 42.1. The number of carbonyl (C=O) groups excluding carboxylic acids is 1. The summed E-state index contributed by atoms with van der Waals surface area (Å²) in [4.78, 5) is 15.0. The third-order valence-corrected chi connectivity index (χ3v) is 5.83. The smallest absolute Gasteiger partial charge is 0.230 e. The Morgan fingerprint density at radius 3 is 2.74 bits per heavy atom. The van der Waals surface area contributed by atoms with Crippen LogP contribution >= 0.6 is 0 Å². The van der Waals surface area contributed by atoms with Crippen molar-refractivity contribution in [3.05, 3.63) is 0 Å². The molecule has 3 aliphatic rings. The minimum absolute atomic E-state index is 0.181. The number of nitrogens with one attached hydrogen (secondary N) is 1. The number of amides is 1. The molecule has 0 bridgehead atoms. The molecule has 19 heavy (non-hydrogen) atoms. The van der Waals surface area contributed by atoms with Crippen molar-refractivity contribution < 1.29 is 9.90 Å². The van der Waals surface area contributed by atoms with E-state index in [4.69, 9.17) is 0 Å². The first-order valence-electron chi connectivity index (χ1n) is 7.73. The summed E-state index contributed by atoms with van der Waals surface area (Å²) in [5.74, 6) is 1.58. The standard InChI is InChI=1S/C15H26N2O2/c1-10(2)15(5-6-16-9-15)14(19)17-7-11-3-4-13(18)12(11)8-17/h10-13,16,18H,3-9H2,1-2H3. The van der Waals surface area contributed by atoms with Crippen LogP contribution < -0.4 is 5.32 Å². The second kappa shape index (κ2) is 4.74. The number of nitrogens with zero attached hydrogens (tertiary/aromatic N) is 1. The highest BCUT2D eigenvalue weighted by Crippen LogP contribution is 2.42. The second-order valence-electron chi connectivity index (χ2n) is 7.02. The van der Waals surface area contributed by atoms with Crippen molar-refractivity contribution in [2.45, 2.75) is 39.2 Å². The molecule has 2 saturated heterocycles. The number of likely N-dealkylation sites (tertiary alicyclic amines) is 1. The largest absolute Gasteiger partial charge is 0.393 e. The van der Waals surface area contributed by atoms with Gasteiger partial charge in [0.1, 0.15) is 0 Å². The molecule has 1 aliphatic carbocycles. The molecule has 2 N–H and O–H groups in total. The summed E-state index contributed by atoms with van der Waals surface area (Å²) in [5.41, 5.74) is -0.205. The molecule has 4 atom stereocenters. The highest BCUT2D eigenvalue weighted by atomic mass is 16.3. The Labute approximate surface area is 115 Å². The summed E-state index contributed by atoms with van der Waals surface area (Å²) < 4.78 is 0. The maximum Gasteiger partial charge on any atom is 0.230 e. The molecule has 1 saturated carbocycles. The predicted molar refractivity (Wildman–Crippen MR) is 73.6 cm³/mol. The summed E-state index contributed by atoms with van der Waals surface area (Å²) in [6, 6.07) is 0. The van der Waals surface area contributed by atoms with Gasteiger partial charge in [-0.15, -0.1) is 0 Å². The van der Waals surface area contributed by atoms with Crippen LogP contribution in [0.1, 0.15) is 33.1 Å². The van der Waals surface area contributed by atoms with Gasteiger partial charge in [-0.3, -0.25) is 4.79 Å². The quantitative estimate of drug-likeness (QED) is 0.779. The maximum absolute atomic E-state index is 13.0. The first-order valence-corrected chi connectivity index (χ1v) is 7.73. The first kappa shape index (κ1) is 13.4. The van der Waals surface area contributed by atoms with Crippen molar-refractivity contribution in [2.24, 2.45) is 23.2 Å². The van der Waals surface area contributed by atoms with E-state index < -0.39 is 0 Å². The summed E-state index contributed by atoms with van der Waals surface area (Å²) in [5, 5.41) is 13.3. The molecule has 1 amide bonds. The number of hydrogen-bond donors (Lipinski definition) is 2. The fourth-order valence-electron chi connectivity index (χ4n) is 4.35. The van der Waals surface area contributed by atoms with Gasteiger partial charge in [-0.1, -0.05) is 13.8 Å². The molecule has 3 rings (SSSR count). The lowest BCUT2D eigenvalue weighted by atomic mass is 9.75. The third kappa shape index (κ3) is 2.00. The Morgan fingerprint density at radius 2 is 2.16 bits per heavy atom. The predicted octanol–water partition coefficient (Wildman–Crippen LogP) is 0.851. The first-order chi connectivity index (χ1) is 9.04. The van der Waals surface area contributed by atoms with E-state index in [9.17, 15) is 9.90 Å². The Morgan fingerprint density at radius 1 is 1.37 bits per heavy atom. The number of rotatable bonds is 2. The molecule has 0 spiro atoms. The van der Waals surface area contributed by atoms with E-state index in [1.54, 1.807) is 0 Å². The summed E-state index contributed by atoms with van der Waals surface area (Å²) in [6.45, 7) is 7.74. The van der Waals surface area contributed by atoms with Crippen molar-refractivity contribution in [1.29, 1.82) is 0 Å². The zero-order valence-electron chi connectivity index (χ0n) is 12.1. The van der Waals surface area contributed by atoms with Gasteiger partial charge in [0.2, 0.25) is 5.91 Å². The van der Waals surface area contributed by atoms with E-state index in [2.05, 4.69) is 19.2 Å². The molecule has 4 heteroatoms. The molecule has 0 aromatic rings. The average Bonchev–Trinajstić information content (AvgIpc) is 3.06. The molecule has 4 nitrogen and oxygen atoms in total. The van der Waals surface area contributed by atoms with Crippen molar-refractivity contribution >= 4 is 5.91 Å². The number of aliphatic hydroxyl groups excluding tert-OH is 1. The maximum atomic E-state index is 13.0. The molecule has 2 aliphatic heterocycles. The van der Waals surface area contributed by atoms with Crippen LogP contribution in [0.25, 0.3) is 0 Å². The van der Waals surface area contributed by atoms with E-state index in [-0.39, 0.29) is 11.5 Å². The summed E-state index contributed by atoms with van der Waals surface area (Å²) >= 11 is 0. The molecule has 0 aromatic heterocycles. The third-order valence-electron chi connectivity index (χ3n) is 5.83. The van der Waals surface area contributed by atoms with Crippen LogP contribution in [0.5, 0.6) is 0 Å². The van der Waals surface area contributed by atoms with Crippen molar-refractivity contribution in [2.75, 3.05) is 26.2 Å². The Balaban J connectivity index is 1.74. The Bertz CT molecular complexity index is 363. The van der Waals surface area contributed by atoms with Crippen LogP contribution in [0.15, 0.2) is 0 Å². The SMILES string of the molecule is CC(C)C1(C(=O)N2CC3CCC(O)C3C2)CCNC1. The van der Waals surface area contributed by atoms with Gasteiger partial charge in [0.25, 0.3) is 0 Å². The number of hydrogen-bond acceptors (Lipinski definition) is 3. The Kier molecular flexibility index (Phi) is 3.34. The molecule has 3 fully saturated rings. The second-order valence-corrected chi connectivity index (χ2v) is 7.02. The lowest BCUT2D eigenvalue weighted by Gasteiger charge is -2.35. The van der Waals surface area contributed by atoms with E-state index in [0.717, 1.165) is 45.4 Å². The lowest BCUT2D eigenvalue weighted by Crippen LogP contribution is -2.48. The van der Waals surface area contributed by atoms with Gasteiger partial charge in [-0.05, 0) is 37.6 Å². The van der Waals surface area contributed by atoms with Crippen LogP contribution in [-0.4, -0.2) is 48.2 Å². The van der Waals surface area contributed by atoms with E-state index in [1.807, 2.05) is 4.90 Å². The van der Waals surface area contributed by atoms with Crippen LogP contribution in [0.3, 0.4) is 0 Å². The number of carbonyl (C=O) groups is 1. The van der Waals surface area contributed by atoms with Crippen LogP contribution in [-0.2, 0) is 4.79 Å². The zero-order valence-corrected chi connectivity index (χ0v) is 12.1. The molecule has 0 radical (unpaired) electrons. The van der Waals surface area contributed by atoms with Gasteiger partial charge in [-0.25, -0.2) is 0 Å². The zero-order chi connectivity index (χ0) is 13.6. The fraction of sp³-hybridized carbons (Fsp3) is 0.933. The molecule has 2 heterocycles. The fourth-order valence-corrected chi connectivity index (χ4v) is 4.35. The topological polar surface area (TPSA) is 52.6 Å². The van der Waals surface area contributed by atoms with E-state index in [1.165, 1.54) is 0 Å². The molecular formula is C15H26N2O2. The summed E-state index contributed by atoms with van der Waals surface area (Å²) in [7, 11) is 0. The van der Waals surface area contributed by atoms with E-state index >= 15 is 0 Å². The minimum Gasteiger partial charge on any atom is -0.393 e. The van der Waals surface area contributed by atoms with Gasteiger partial charge < -0.3 is 15.3 Å². The monoisotopic (exact) mass is 266 g/mol. The highest BCUT2D eigenvalue weighted by Gasteiger charge is 2.50. The van der Waals surface area contributed by atoms with Crippen LogP contribution in [0.4, 0.5) is 0 Å². The minimum atomic E-state index is -0.205. The van der Waals surface area contributed by atoms with Crippen LogP contribution in [0, 0.1) is 23.2 Å². The highest BCUT2D eigenvalue weighted by molar-refractivity contribution is 5.84. The van der Waals surface area contributed by atoms with Gasteiger partial charge >= 0.3 is 0 Å². The van der Waals surface area contributed by atoms with Crippen molar-refractivity contribution in [1.82, 2.24) is 10.2 Å². The molecular weight excluding hydrogens is 240 g/mol. The average molecular weight is 266 g/mol. The molecule has 108 valence electrons. The summed E-state index contributed by atoms with van der Waals surface area (Å²) in [6.07, 6.45) is 2.79. The van der Waals surface area contributed by atoms with Crippen molar-refractivity contribution in [3.63, 3.8) is 0 Å². The number of aliphatic hydroxyl groups is 1. The van der Waals surface area contributed by atoms with Gasteiger partial charge in [-0.2, -0.15) is 0 Å². The van der Waals surface area contributed by atoms with Gasteiger partial charge in [0.05, 0.1) is 11.5 Å². The Hall–Kier alpha value is -0.610. The molecule has 0 aromatic carbocycles. The van der Waals surface area contributed by atoms with Crippen molar-refractivity contribution in [3.8, 4) is 0 Å². The van der Waals surface area contributed by atoms with Gasteiger partial charge in [0, 0.05) is 25.6 Å². The van der Waals surface area contributed by atoms with Crippen LogP contribution in [0.2, 0.25) is 0 Å². The van der Waals surface area contributed by atoms with Gasteiger partial charge in [0.15, 0.2) is 0 Å². The lowest BCUT2D eigenvalue weighted by molar-refractivity contribution is -0.143.